The summed E-state index contributed by atoms with van der Waals surface area (Å²) in [6.45, 7) is 4.65. The van der Waals surface area contributed by atoms with Crippen LogP contribution in [0, 0.1) is 0 Å². The van der Waals surface area contributed by atoms with Gasteiger partial charge < -0.3 is 0 Å². The quantitative estimate of drug-likeness (QED) is 0.215. The summed E-state index contributed by atoms with van der Waals surface area (Å²) in [5, 5.41) is 1.24. The third-order valence-corrected chi connectivity index (χ3v) is 9.68. The molecule has 0 saturated carbocycles. The fraction of sp³-hybridized carbons (Fsp3) is 0.0769. The molecule has 2 aromatic heterocycles. The standard InChI is InChI=1S/C39H28N2S/c1-39(2)31-20-10-9-18-29(31)37-30(19-12-21-32(37)39)33-24-34(36-23-26-15-6-11-22-35(26)42-36)41-38(40-33)28-17-8-7-16-27(28)25-13-4-3-5-14-25/h3-24H,1-2H3. The molecule has 0 radical (unpaired) electrons. The molecule has 0 spiro atoms. The van der Waals surface area contributed by atoms with Crippen LogP contribution in [0.2, 0.25) is 0 Å². The maximum atomic E-state index is 5.33. The lowest BCUT2D eigenvalue weighted by Gasteiger charge is -2.21. The second kappa shape index (κ2) is 9.61. The first-order chi connectivity index (χ1) is 20.6. The zero-order chi connectivity index (χ0) is 28.3. The number of hydrogen-bond acceptors (Lipinski definition) is 3. The summed E-state index contributed by atoms with van der Waals surface area (Å²) in [4.78, 5) is 11.7. The number of hydrogen-bond donors (Lipinski definition) is 0. The molecule has 2 heterocycles. The fourth-order valence-electron chi connectivity index (χ4n) is 6.46. The third kappa shape index (κ3) is 3.93. The van der Waals surface area contributed by atoms with Crippen molar-refractivity contribution >= 4 is 21.4 Å². The van der Waals surface area contributed by atoms with Gasteiger partial charge >= 0.3 is 0 Å². The van der Waals surface area contributed by atoms with E-state index in [-0.39, 0.29) is 5.41 Å². The van der Waals surface area contributed by atoms with Crippen LogP contribution in [-0.4, -0.2) is 9.97 Å². The topological polar surface area (TPSA) is 25.8 Å². The molecule has 8 rings (SSSR count). The Morgan fingerprint density at radius 1 is 0.524 bits per heavy atom. The molecule has 1 aliphatic carbocycles. The smallest absolute Gasteiger partial charge is 0.161 e. The van der Waals surface area contributed by atoms with Gasteiger partial charge in [0.05, 0.1) is 16.3 Å². The molecule has 0 atom stereocenters. The Morgan fingerprint density at radius 3 is 2.00 bits per heavy atom. The monoisotopic (exact) mass is 556 g/mol. The minimum atomic E-state index is -0.0774. The molecule has 0 unspecified atom stereocenters. The second-order valence-electron chi connectivity index (χ2n) is 11.4. The molecule has 0 saturated heterocycles. The molecule has 0 bridgehead atoms. The van der Waals surface area contributed by atoms with E-state index in [0.717, 1.165) is 44.3 Å². The van der Waals surface area contributed by atoms with Gasteiger partial charge in [-0.1, -0.05) is 129 Å². The first kappa shape index (κ1) is 24.9. The van der Waals surface area contributed by atoms with Crippen molar-refractivity contribution in [1.82, 2.24) is 9.97 Å². The molecule has 2 nitrogen and oxygen atoms in total. The lowest BCUT2D eigenvalue weighted by Crippen LogP contribution is -2.14. The van der Waals surface area contributed by atoms with Crippen molar-refractivity contribution < 1.29 is 0 Å². The van der Waals surface area contributed by atoms with E-state index in [4.69, 9.17) is 9.97 Å². The summed E-state index contributed by atoms with van der Waals surface area (Å²) in [5.41, 5.74) is 11.5. The molecule has 3 heteroatoms. The summed E-state index contributed by atoms with van der Waals surface area (Å²) in [5.74, 6) is 0.738. The highest BCUT2D eigenvalue weighted by Crippen LogP contribution is 2.52. The van der Waals surface area contributed by atoms with Crippen molar-refractivity contribution in [1.29, 1.82) is 0 Å². The first-order valence-corrected chi connectivity index (χ1v) is 15.2. The molecule has 42 heavy (non-hydrogen) atoms. The molecule has 5 aromatic carbocycles. The molecule has 0 amide bonds. The van der Waals surface area contributed by atoms with E-state index in [1.807, 2.05) is 0 Å². The highest BCUT2D eigenvalue weighted by Gasteiger charge is 2.36. The van der Waals surface area contributed by atoms with Gasteiger partial charge in [0.15, 0.2) is 5.82 Å². The van der Waals surface area contributed by atoms with Crippen molar-refractivity contribution in [3.63, 3.8) is 0 Å². The Balaban J connectivity index is 1.40. The zero-order valence-electron chi connectivity index (χ0n) is 23.5. The van der Waals surface area contributed by atoms with Crippen molar-refractivity contribution in [2.45, 2.75) is 19.3 Å². The molecular weight excluding hydrogens is 529 g/mol. The van der Waals surface area contributed by atoms with Crippen molar-refractivity contribution in [2.24, 2.45) is 0 Å². The first-order valence-electron chi connectivity index (χ1n) is 14.3. The van der Waals surface area contributed by atoms with Crippen LogP contribution in [0.3, 0.4) is 0 Å². The predicted molar refractivity (Wildman–Crippen MR) is 177 cm³/mol. The number of rotatable bonds is 4. The summed E-state index contributed by atoms with van der Waals surface area (Å²) >= 11 is 1.78. The third-order valence-electron chi connectivity index (χ3n) is 8.54. The Kier molecular flexibility index (Phi) is 5.70. The Morgan fingerprint density at radius 2 is 1.17 bits per heavy atom. The highest BCUT2D eigenvalue weighted by atomic mass is 32.1. The van der Waals surface area contributed by atoms with Crippen molar-refractivity contribution in [2.75, 3.05) is 0 Å². The molecule has 1 aliphatic rings. The SMILES string of the molecule is CC1(C)c2ccccc2-c2c(-c3cc(-c4cc5ccccc5s4)nc(-c4ccccc4-c4ccccc4)n3)cccc21. The molecule has 200 valence electrons. The summed E-state index contributed by atoms with van der Waals surface area (Å²) in [6.07, 6.45) is 0. The van der Waals surface area contributed by atoms with Gasteiger partial charge in [0.1, 0.15) is 0 Å². The summed E-state index contributed by atoms with van der Waals surface area (Å²) in [7, 11) is 0. The minimum absolute atomic E-state index is 0.0774. The summed E-state index contributed by atoms with van der Waals surface area (Å²) in [6, 6.07) is 47.5. The molecule has 7 aromatic rings. The van der Waals surface area contributed by atoms with Gasteiger partial charge in [0, 0.05) is 21.2 Å². The number of fused-ring (bicyclic) bond motifs is 4. The Labute approximate surface area is 250 Å². The lowest BCUT2D eigenvalue weighted by molar-refractivity contribution is 0.660. The van der Waals surface area contributed by atoms with Gasteiger partial charge in [0.25, 0.3) is 0 Å². The van der Waals surface area contributed by atoms with Crippen LogP contribution in [0.4, 0.5) is 0 Å². The van der Waals surface area contributed by atoms with Crippen LogP contribution in [0.25, 0.3) is 65.6 Å². The van der Waals surface area contributed by atoms with Crippen LogP contribution in [0.1, 0.15) is 25.0 Å². The van der Waals surface area contributed by atoms with Gasteiger partial charge in [-0.2, -0.15) is 0 Å². The van der Waals surface area contributed by atoms with Crippen LogP contribution in [0.5, 0.6) is 0 Å². The van der Waals surface area contributed by atoms with E-state index >= 15 is 0 Å². The maximum absolute atomic E-state index is 5.33. The lowest BCUT2D eigenvalue weighted by atomic mass is 9.82. The summed E-state index contributed by atoms with van der Waals surface area (Å²) < 4.78 is 1.26. The van der Waals surface area contributed by atoms with Crippen LogP contribution in [-0.2, 0) is 5.41 Å². The highest BCUT2D eigenvalue weighted by molar-refractivity contribution is 7.22. The van der Waals surface area contributed by atoms with Gasteiger partial charge in [-0.3, -0.25) is 0 Å². The van der Waals surface area contributed by atoms with E-state index in [2.05, 4.69) is 147 Å². The number of benzene rings is 5. The Bertz CT molecular complexity index is 2090. The maximum Gasteiger partial charge on any atom is 0.161 e. The largest absolute Gasteiger partial charge is 0.228 e. The zero-order valence-corrected chi connectivity index (χ0v) is 24.3. The van der Waals surface area contributed by atoms with Crippen LogP contribution >= 0.6 is 11.3 Å². The normalized spacial score (nSPS) is 13.2. The second-order valence-corrected chi connectivity index (χ2v) is 12.5. The van der Waals surface area contributed by atoms with Gasteiger partial charge in [-0.05, 0) is 57.0 Å². The minimum Gasteiger partial charge on any atom is -0.228 e. The van der Waals surface area contributed by atoms with Gasteiger partial charge in [-0.25, -0.2) is 9.97 Å². The number of thiophene rings is 1. The van der Waals surface area contributed by atoms with Gasteiger partial charge in [0.2, 0.25) is 0 Å². The Hall–Kier alpha value is -4.86. The van der Waals surface area contributed by atoms with Gasteiger partial charge in [-0.15, -0.1) is 11.3 Å². The van der Waals surface area contributed by atoms with E-state index in [1.54, 1.807) is 11.3 Å². The number of nitrogens with zero attached hydrogens (tertiary/aromatic N) is 2. The van der Waals surface area contributed by atoms with Crippen LogP contribution < -0.4 is 0 Å². The number of aromatic nitrogens is 2. The average Bonchev–Trinajstić information content (AvgIpc) is 3.58. The molecular formula is C39H28N2S. The predicted octanol–water partition coefficient (Wildman–Crippen LogP) is 10.7. The van der Waals surface area contributed by atoms with E-state index in [9.17, 15) is 0 Å². The molecule has 0 aliphatic heterocycles. The van der Waals surface area contributed by atoms with E-state index in [0.29, 0.717) is 0 Å². The van der Waals surface area contributed by atoms with Crippen molar-refractivity contribution in [3.05, 3.63) is 145 Å². The molecule has 0 N–H and O–H groups in total. The van der Waals surface area contributed by atoms with E-state index in [1.165, 1.54) is 32.3 Å². The van der Waals surface area contributed by atoms with E-state index < -0.39 is 0 Å². The average molecular weight is 557 g/mol. The molecule has 0 fully saturated rings. The fourth-order valence-corrected chi connectivity index (χ4v) is 7.48. The van der Waals surface area contributed by atoms with Crippen LogP contribution in [0.15, 0.2) is 133 Å². The van der Waals surface area contributed by atoms with Crippen molar-refractivity contribution in [3.8, 4) is 55.5 Å².